The lowest BCUT2D eigenvalue weighted by Gasteiger charge is -2.44. The van der Waals surface area contributed by atoms with E-state index in [2.05, 4.69) is 9.62 Å². The number of sulfonamides is 1. The number of rotatable bonds is 7. The maximum atomic E-state index is 14.5. The second-order valence-electron chi connectivity index (χ2n) is 8.02. The fourth-order valence-corrected chi connectivity index (χ4v) is 5.44. The Morgan fingerprint density at radius 3 is 2.47 bits per heavy atom. The van der Waals surface area contributed by atoms with Crippen molar-refractivity contribution in [3.63, 3.8) is 0 Å². The van der Waals surface area contributed by atoms with Crippen LogP contribution in [0.5, 0.6) is 0 Å². The van der Waals surface area contributed by atoms with Crippen molar-refractivity contribution in [2.24, 2.45) is 5.92 Å². The molecule has 0 saturated carbocycles. The number of ether oxygens (including phenoxy) is 1. The van der Waals surface area contributed by atoms with Gasteiger partial charge in [-0.1, -0.05) is 24.3 Å². The molecule has 2 bridgehead atoms. The van der Waals surface area contributed by atoms with Crippen LogP contribution >= 0.6 is 0 Å². The number of carboxylic acid groups (broad SMARTS) is 1. The van der Waals surface area contributed by atoms with E-state index in [-0.39, 0.29) is 28.0 Å². The Kier molecular flexibility index (Phi) is 6.27. The van der Waals surface area contributed by atoms with Crippen LogP contribution in [-0.4, -0.2) is 56.1 Å². The van der Waals surface area contributed by atoms with Crippen molar-refractivity contribution in [2.45, 2.75) is 29.9 Å². The van der Waals surface area contributed by atoms with Gasteiger partial charge in [-0.3, -0.25) is 4.90 Å². The Bertz CT molecular complexity index is 1130. The highest BCUT2D eigenvalue weighted by molar-refractivity contribution is 7.89. The van der Waals surface area contributed by atoms with Crippen LogP contribution in [0.1, 0.15) is 34.8 Å². The van der Waals surface area contributed by atoms with Gasteiger partial charge in [-0.05, 0) is 56.1 Å². The number of halogens is 1. The fourth-order valence-electron chi connectivity index (χ4n) is 4.23. The van der Waals surface area contributed by atoms with E-state index in [9.17, 15) is 22.4 Å². The first-order chi connectivity index (χ1) is 15.2. The van der Waals surface area contributed by atoms with Crippen molar-refractivity contribution < 1.29 is 32.2 Å². The molecule has 3 saturated heterocycles. The summed E-state index contributed by atoms with van der Waals surface area (Å²) in [7, 11) is -4.37. The van der Waals surface area contributed by atoms with Gasteiger partial charge in [-0.15, -0.1) is 0 Å². The Balaban J connectivity index is 1.63. The summed E-state index contributed by atoms with van der Waals surface area (Å²) >= 11 is 0. The Hall–Kier alpha value is -2.82. The van der Waals surface area contributed by atoms with Gasteiger partial charge in [0.2, 0.25) is 10.0 Å². The van der Waals surface area contributed by atoms with Gasteiger partial charge in [0, 0.05) is 12.1 Å². The molecule has 10 heteroatoms. The maximum Gasteiger partial charge on any atom is 0.335 e. The highest BCUT2D eigenvalue weighted by atomic mass is 32.2. The SMILES string of the molecule is O=C(O)c1cccc(S(=O)(=O)NC(C(=O)O[C@H]2CN3CCC2CC3)c2ccccc2F)c1. The van der Waals surface area contributed by atoms with E-state index in [4.69, 9.17) is 9.84 Å². The van der Waals surface area contributed by atoms with Gasteiger partial charge < -0.3 is 9.84 Å². The van der Waals surface area contributed by atoms with Crippen LogP contribution in [-0.2, 0) is 19.6 Å². The molecule has 0 amide bonds. The first-order valence-electron chi connectivity index (χ1n) is 10.3. The summed E-state index contributed by atoms with van der Waals surface area (Å²) in [5.74, 6) is -2.76. The molecule has 5 rings (SSSR count). The van der Waals surface area contributed by atoms with E-state index >= 15 is 0 Å². The highest BCUT2D eigenvalue weighted by Gasteiger charge is 2.39. The molecule has 2 aromatic carbocycles. The highest BCUT2D eigenvalue weighted by Crippen LogP contribution is 2.31. The predicted molar refractivity (Wildman–Crippen MR) is 112 cm³/mol. The van der Waals surface area contributed by atoms with Gasteiger partial charge >= 0.3 is 11.9 Å². The quantitative estimate of drug-likeness (QED) is 0.607. The third-order valence-corrected chi connectivity index (χ3v) is 7.40. The van der Waals surface area contributed by atoms with Gasteiger partial charge in [0.1, 0.15) is 18.0 Å². The van der Waals surface area contributed by atoms with E-state index in [1.165, 1.54) is 36.4 Å². The number of hydrogen-bond acceptors (Lipinski definition) is 6. The number of piperidine rings is 3. The second kappa shape index (κ2) is 8.97. The molecule has 3 heterocycles. The van der Waals surface area contributed by atoms with E-state index < -0.39 is 33.8 Å². The minimum absolute atomic E-state index is 0.170. The molecule has 170 valence electrons. The molecular weight excluding hydrogens is 439 g/mol. The topological polar surface area (TPSA) is 113 Å². The number of carbonyl (C=O) groups excluding carboxylic acids is 1. The second-order valence-corrected chi connectivity index (χ2v) is 9.74. The van der Waals surface area contributed by atoms with Crippen LogP contribution < -0.4 is 4.72 Å². The summed E-state index contributed by atoms with van der Waals surface area (Å²) in [4.78, 5) is 26.1. The van der Waals surface area contributed by atoms with Gasteiger partial charge in [0.05, 0.1) is 10.5 Å². The molecule has 2 atom stereocenters. The third-order valence-electron chi connectivity index (χ3n) is 5.98. The average molecular weight is 462 g/mol. The molecule has 8 nitrogen and oxygen atoms in total. The van der Waals surface area contributed by atoms with Crippen molar-refractivity contribution in [1.29, 1.82) is 0 Å². The zero-order chi connectivity index (χ0) is 22.9. The van der Waals surface area contributed by atoms with Crippen LogP contribution in [0, 0.1) is 11.7 Å². The zero-order valence-electron chi connectivity index (χ0n) is 17.1. The summed E-state index contributed by atoms with van der Waals surface area (Å²) < 4.78 is 48.4. The Morgan fingerprint density at radius 1 is 1.12 bits per heavy atom. The van der Waals surface area contributed by atoms with Crippen molar-refractivity contribution in [3.8, 4) is 0 Å². The number of esters is 1. The Labute approximate surface area is 185 Å². The summed E-state index contributed by atoms with van der Waals surface area (Å²) in [5.41, 5.74) is -0.401. The molecule has 0 aromatic heterocycles. The molecule has 3 fully saturated rings. The lowest BCUT2D eigenvalue weighted by molar-refractivity contribution is -0.161. The van der Waals surface area contributed by atoms with Crippen LogP contribution in [0.2, 0.25) is 0 Å². The van der Waals surface area contributed by atoms with Gasteiger partial charge in [-0.25, -0.2) is 22.4 Å². The monoisotopic (exact) mass is 462 g/mol. The number of nitrogens with zero attached hydrogens (tertiary/aromatic N) is 1. The number of benzene rings is 2. The lowest BCUT2D eigenvalue weighted by Crippen LogP contribution is -2.52. The molecule has 2 aromatic rings. The smallest absolute Gasteiger partial charge is 0.335 e. The number of carboxylic acids is 1. The van der Waals surface area contributed by atoms with Gasteiger partial charge in [-0.2, -0.15) is 4.72 Å². The maximum absolute atomic E-state index is 14.5. The molecule has 0 aliphatic carbocycles. The van der Waals surface area contributed by atoms with Crippen molar-refractivity contribution in [3.05, 3.63) is 65.5 Å². The van der Waals surface area contributed by atoms with E-state index in [1.807, 2.05) is 0 Å². The normalized spacial score (nSPS) is 23.5. The van der Waals surface area contributed by atoms with E-state index in [0.717, 1.165) is 38.1 Å². The summed E-state index contributed by atoms with van der Waals surface area (Å²) in [6.07, 6.45) is 1.38. The predicted octanol–water partition coefficient (Wildman–Crippen LogP) is 2.18. The zero-order valence-corrected chi connectivity index (χ0v) is 17.9. The van der Waals surface area contributed by atoms with Crippen molar-refractivity contribution in [2.75, 3.05) is 19.6 Å². The van der Waals surface area contributed by atoms with Crippen LogP contribution in [0.3, 0.4) is 0 Å². The number of carbonyl (C=O) groups is 2. The molecule has 0 radical (unpaired) electrons. The molecule has 0 spiro atoms. The van der Waals surface area contributed by atoms with Crippen LogP contribution in [0.4, 0.5) is 4.39 Å². The Morgan fingerprint density at radius 2 is 1.84 bits per heavy atom. The summed E-state index contributed by atoms with van der Waals surface area (Å²) in [6.45, 7) is 2.43. The molecule has 3 aliphatic rings. The summed E-state index contributed by atoms with van der Waals surface area (Å²) in [5, 5.41) is 9.15. The van der Waals surface area contributed by atoms with Crippen molar-refractivity contribution in [1.82, 2.24) is 9.62 Å². The summed E-state index contributed by atoms with van der Waals surface area (Å²) in [6, 6.07) is 8.44. The average Bonchev–Trinajstić information content (AvgIpc) is 2.79. The van der Waals surface area contributed by atoms with E-state index in [1.54, 1.807) is 0 Å². The molecule has 2 N–H and O–H groups in total. The first kappa shape index (κ1) is 22.4. The van der Waals surface area contributed by atoms with Crippen LogP contribution in [0.15, 0.2) is 53.4 Å². The van der Waals surface area contributed by atoms with Crippen molar-refractivity contribution >= 4 is 22.0 Å². The largest absolute Gasteiger partial charge is 0.478 e. The minimum atomic E-state index is -4.37. The molecule has 32 heavy (non-hydrogen) atoms. The third kappa shape index (κ3) is 4.67. The lowest BCUT2D eigenvalue weighted by atomic mass is 9.86. The van der Waals surface area contributed by atoms with E-state index in [0.29, 0.717) is 6.54 Å². The standard InChI is InChI=1S/C22H23FN2O6S/c23-18-7-2-1-6-17(18)20(22(28)31-19-13-25-10-8-14(19)9-11-25)24-32(29,30)16-5-3-4-15(12-16)21(26)27/h1-7,12,14,19-20,24H,8-11,13H2,(H,26,27)/t19-,20?/m0/s1. The molecule has 1 unspecified atom stereocenters. The minimum Gasteiger partial charge on any atom is -0.478 e. The number of hydrogen-bond donors (Lipinski definition) is 2. The molecule has 3 aliphatic heterocycles. The first-order valence-corrected chi connectivity index (χ1v) is 11.8. The number of fused-ring (bicyclic) bond motifs is 3. The number of aromatic carboxylic acids is 1. The van der Waals surface area contributed by atoms with Gasteiger partial charge in [0.25, 0.3) is 0 Å². The fraction of sp³-hybridized carbons (Fsp3) is 0.364. The number of nitrogens with one attached hydrogen (secondary N) is 1. The van der Waals surface area contributed by atoms with Crippen LogP contribution in [0.25, 0.3) is 0 Å². The molecular formula is C22H23FN2O6S. The van der Waals surface area contributed by atoms with Gasteiger partial charge in [0.15, 0.2) is 0 Å².